The van der Waals surface area contributed by atoms with Crippen molar-refractivity contribution in [1.82, 2.24) is 5.32 Å². The lowest BCUT2D eigenvalue weighted by molar-refractivity contribution is -0.927. The molecule has 4 rings (SSSR count). The molecule has 1 heterocycles. The largest absolute Gasteiger partial charge is 0.347 e. The summed E-state index contributed by atoms with van der Waals surface area (Å²) < 4.78 is 0.969. The summed E-state index contributed by atoms with van der Waals surface area (Å²) >= 11 is 0. The van der Waals surface area contributed by atoms with Crippen LogP contribution in [-0.4, -0.2) is 36.6 Å². The number of nitrogens with zero attached hydrogens (tertiary/aromatic N) is 1. The maximum Gasteiger partial charge on any atom is 0.232 e. The van der Waals surface area contributed by atoms with E-state index in [0.29, 0.717) is 0 Å². The first-order valence-electron chi connectivity index (χ1n) is 10.9. The molecule has 3 nitrogen and oxygen atoms in total. The third-order valence-electron chi connectivity index (χ3n) is 6.19. The molecular formula is C27H31N2O+. The van der Waals surface area contributed by atoms with Crippen molar-refractivity contribution < 1.29 is 9.28 Å². The van der Waals surface area contributed by atoms with Gasteiger partial charge >= 0.3 is 0 Å². The number of hydrogen-bond acceptors (Lipinski definition) is 1. The molecule has 1 saturated heterocycles. The number of amides is 1. The number of rotatable bonds is 6. The van der Waals surface area contributed by atoms with Gasteiger partial charge in [-0.05, 0) is 24.0 Å². The van der Waals surface area contributed by atoms with Crippen LogP contribution >= 0.6 is 0 Å². The maximum absolute atomic E-state index is 13.5. The Morgan fingerprint density at radius 2 is 1.43 bits per heavy atom. The standard InChI is InChI=1S/C27H30N2O/c1-29(20-22-12-5-2-6-13-22)19-11-18-25(21-29)28-27(30)26(23-14-7-3-8-15-23)24-16-9-4-10-17-24/h2-10,12-17,25-26H,11,18-21H2,1H3/p+1/t25-,29?/m1/s1. The second kappa shape index (κ2) is 9.27. The Kier molecular flexibility index (Phi) is 6.29. The van der Waals surface area contributed by atoms with E-state index in [1.54, 1.807) is 0 Å². The molecule has 0 bridgehead atoms. The average Bonchev–Trinajstić information content (AvgIpc) is 2.76. The smallest absolute Gasteiger partial charge is 0.232 e. The third kappa shape index (κ3) is 4.98. The van der Waals surface area contributed by atoms with Gasteiger partial charge in [0.2, 0.25) is 5.91 Å². The van der Waals surface area contributed by atoms with Crippen LogP contribution in [0, 0.1) is 0 Å². The van der Waals surface area contributed by atoms with Gasteiger partial charge in [-0.15, -0.1) is 0 Å². The van der Waals surface area contributed by atoms with E-state index in [-0.39, 0.29) is 17.9 Å². The number of nitrogens with one attached hydrogen (secondary N) is 1. The number of likely N-dealkylation sites (tertiary alicyclic amines) is 1. The second-order valence-corrected chi connectivity index (χ2v) is 8.77. The molecule has 1 amide bonds. The van der Waals surface area contributed by atoms with Gasteiger partial charge in [0.25, 0.3) is 0 Å². The van der Waals surface area contributed by atoms with Crippen molar-refractivity contribution >= 4 is 5.91 Å². The lowest BCUT2D eigenvalue weighted by Gasteiger charge is -2.42. The fraction of sp³-hybridized carbons (Fsp3) is 0.296. The van der Waals surface area contributed by atoms with Crippen molar-refractivity contribution in [2.75, 3.05) is 20.1 Å². The number of piperidine rings is 1. The molecule has 1 fully saturated rings. The normalized spacial score (nSPS) is 21.3. The van der Waals surface area contributed by atoms with Crippen molar-refractivity contribution in [2.45, 2.75) is 31.3 Å². The first-order valence-corrected chi connectivity index (χ1v) is 10.9. The lowest BCUT2D eigenvalue weighted by atomic mass is 9.90. The summed E-state index contributed by atoms with van der Waals surface area (Å²) in [6.45, 7) is 3.13. The predicted octanol–water partition coefficient (Wildman–Crippen LogP) is 4.74. The fourth-order valence-electron chi connectivity index (χ4n) is 4.79. The van der Waals surface area contributed by atoms with Crippen LogP contribution in [-0.2, 0) is 11.3 Å². The van der Waals surface area contributed by atoms with E-state index >= 15 is 0 Å². The number of likely N-dealkylation sites (N-methyl/N-ethyl adjacent to an activating group) is 1. The minimum absolute atomic E-state index is 0.102. The number of benzene rings is 3. The van der Waals surface area contributed by atoms with Crippen molar-refractivity contribution in [2.24, 2.45) is 0 Å². The van der Waals surface area contributed by atoms with Gasteiger partial charge < -0.3 is 9.80 Å². The zero-order chi connectivity index (χ0) is 20.8. The zero-order valence-corrected chi connectivity index (χ0v) is 17.7. The number of hydrogen-bond donors (Lipinski definition) is 1. The van der Waals surface area contributed by atoms with E-state index in [2.05, 4.69) is 42.7 Å². The molecular weight excluding hydrogens is 368 g/mol. The van der Waals surface area contributed by atoms with E-state index in [4.69, 9.17) is 0 Å². The Morgan fingerprint density at radius 3 is 2.00 bits per heavy atom. The SMILES string of the molecule is C[N+]1(Cc2ccccc2)CCC[C@@H](NC(=O)C(c2ccccc2)c2ccccc2)C1. The molecule has 1 aliphatic heterocycles. The predicted molar refractivity (Wildman–Crippen MR) is 122 cm³/mol. The summed E-state index contributed by atoms with van der Waals surface area (Å²) in [4.78, 5) is 13.5. The van der Waals surface area contributed by atoms with Gasteiger partial charge in [0.1, 0.15) is 6.54 Å². The van der Waals surface area contributed by atoms with Crippen molar-refractivity contribution in [3.05, 3.63) is 108 Å². The van der Waals surface area contributed by atoms with Gasteiger partial charge in [-0.2, -0.15) is 0 Å². The third-order valence-corrected chi connectivity index (χ3v) is 6.19. The molecule has 30 heavy (non-hydrogen) atoms. The molecule has 0 saturated carbocycles. The van der Waals surface area contributed by atoms with Gasteiger partial charge in [0.15, 0.2) is 0 Å². The summed E-state index contributed by atoms with van der Waals surface area (Å²) in [6, 6.07) is 31.1. The van der Waals surface area contributed by atoms with Crippen LogP contribution < -0.4 is 5.32 Å². The number of carbonyl (C=O) groups excluding carboxylic acids is 1. The van der Waals surface area contributed by atoms with Crippen LogP contribution in [0.3, 0.4) is 0 Å². The second-order valence-electron chi connectivity index (χ2n) is 8.77. The Bertz CT molecular complexity index is 903. The first kappa shape index (κ1) is 20.4. The summed E-state index contributed by atoms with van der Waals surface area (Å²) in [5.74, 6) is -0.173. The number of quaternary nitrogens is 1. The molecule has 0 radical (unpaired) electrons. The molecule has 1 unspecified atom stereocenters. The van der Waals surface area contributed by atoms with E-state index in [9.17, 15) is 4.79 Å². The Labute approximate surface area is 180 Å². The van der Waals surface area contributed by atoms with Gasteiger partial charge in [0.05, 0.1) is 32.1 Å². The Morgan fingerprint density at radius 1 is 0.900 bits per heavy atom. The van der Waals surface area contributed by atoms with Gasteiger partial charge in [-0.25, -0.2) is 0 Å². The van der Waals surface area contributed by atoms with Crippen molar-refractivity contribution in [3.63, 3.8) is 0 Å². The van der Waals surface area contributed by atoms with Gasteiger partial charge in [0, 0.05) is 5.56 Å². The molecule has 0 aromatic heterocycles. The highest BCUT2D eigenvalue weighted by Gasteiger charge is 2.34. The van der Waals surface area contributed by atoms with Crippen LogP contribution in [0.2, 0.25) is 0 Å². The highest BCUT2D eigenvalue weighted by molar-refractivity contribution is 5.87. The maximum atomic E-state index is 13.5. The molecule has 2 atom stereocenters. The fourth-order valence-corrected chi connectivity index (χ4v) is 4.79. The average molecular weight is 400 g/mol. The highest BCUT2D eigenvalue weighted by atomic mass is 16.2. The molecule has 1 aliphatic rings. The van der Waals surface area contributed by atoms with Crippen LogP contribution in [0.1, 0.15) is 35.4 Å². The van der Waals surface area contributed by atoms with Crippen LogP contribution in [0.25, 0.3) is 0 Å². The van der Waals surface area contributed by atoms with E-state index in [0.717, 1.165) is 48.1 Å². The molecule has 1 N–H and O–H groups in total. The van der Waals surface area contributed by atoms with Crippen molar-refractivity contribution in [3.8, 4) is 0 Å². The number of carbonyl (C=O) groups is 1. The summed E-state index contributed by atoms with van der Waals surface area (Å²) in [5.41, 5.74) is 3.44. The highest BCUT2D eigenvalue weighted by Crippen LogP contribution is 2.26. The van der Waals surface area contributed by atoms with Crippen molar-refractivity contribution in [1.29, 1.82) is 0 Å². The van der Waals surface area contributed by atoms with Gasteiger partial charge in [-0.1, -0.05) is 91.0 Å². The summed E-state index contributed by atoms with van der Waals surface area (Å²) in [7, 11) is 2.32. The van der Waals surface area contributed by atoms with E-state index < -0.39 is 0 Å². The van der Waals surface area contributed by atoms with E-state index in [1.165, 1.54) is 5.56 Å². The van der Waals surface area contributed by atoms with Crippen LogP contribution in [0.4, 0.5) is 0 Å². The molecule has 0 spiro atoms. The van der Waals surface area contributed by atoms with Gasteiger partial charge in [-0.3, -0.25) is 4.79 Å². The molecule has 3 aromatic carbocycles. The zero-order valence-electron chi connectivity index (χ0n) is 17.7. The Balaban J connectivity index is 1.49. The molecule has 0 aliphatic carbocycles. The summed E-state index contributed by atoms with van der Waals surface area (Å²) in [5, 5.41) is 3.40. The molecule has 3 aromatic rings. The van der Waals surface area contributed by atoms with E-state index in [1.807, 2.05) is 60.7 Å². The Hall–Kier alpha value is -2.91. The van der Waals surface area contributed by atoms with Crippen LogP contribution in [0.15, 0.2) is 91.0 Å². The minimum Gasteiger partial charge on any atom is -0.347 e. The quantitative estimate of drug-likeness (QED) is 0.596. The first-order chi connectivity index (χ1) is 14.6. The van der Waals surface area contributed by atoms with Crippen LogP contribution in [0.5, 0.6) is 0 Å². The lowest BCUT2D eigenvalue weighted by Crippen LogP contribution is -2.57. The minimum atomic E-state index is -0.276. The monoisotopic (exact) mass is 399 g/mol. The molecule has 154 valence electrons. The molecule has 3 heteroatoms. The summed E-state index contributed by atoms with van der Waals surface area (Å²) in [6.07, 6.45) is 2.18. The topological polar surface area (TPSA) is 29.1 Å².